The first kappa shape index (κ1) is 17.6. The highest BCUT2D eigenvalue weighted by Crippen LogP contribution is 2.35. The number of hydrogen-bond acceptors (Lipinski definition) is 4. The van der Waals surface area contributed by atoms with Crippen LogP contribution in [0.1, 0.15) is 44.7 Å². The fraction of sp³-hybridized carbons (Fsp3) is 0.500. The number of rotatable bonds is 4. The quantitative estimate of drug-likeness (QED) is 0.780. The van der Waals surface area contributed by atoms with E-state index in [0.717, 1.165) is 18.4 Å². The molecule has 2 amide bonds. The van der Waals surface area contributed by atoms with Crippen LogP contribution >= 0.6 is 12.4 Å². The van der Waals surface area contributed by atoms with E-state index in [4.69, 9.17) is 10.5 Å². The van der Waals surface area contributed by atoms with Gasteiger partial charge in [-0.05, 0) is 43.9 Å². The third-order valence-electron chi connectivity index (χ3n) is 4.28. The fourth-order valence-electron chi connectivity index (χ4n) is 2.48. The lowest BCUT2D eigenvalue weighted by atomic mass is 10.1. The van der Waals surface area contributed by atoms with E-state index in [-0.39, 0.29) is 30.3 Å². The molecule has 1 saturated carbocycles. The molecule has 6 nitrogen and oxygen atoms in total. The van der Waals surface area contributed by atoms with E-state index in [1.165, 1.54) is 0 Å². The number of fused-ring (bicyclic) bond motifs is 1. The first-order valence-electron chi connectivity index (χ1n) is 7.64. The summed E-state index contributed by atoms with van der Waals surface area (Å²) >= 11 is 0. The van der Waals surface area contributed by atoms with Crippen molar-refractivity contribution in [1.82, 2.24) is 5.32 Å². The molecule has 0 bridgehead atoms. The summed E-state index contributed by atoms with van der Waals surface area (Å²) in [4.78, 5) is 23.8. The van der Waals surface area contributed by atoms with Gasteiger partial charge in [0.25, 0.3) is 5.91 Å². The lowest BCUT2D eigenvalue weighted by molar-refractivity contribution is -0.124. The van der Waals surface area contributed by atoms with E-state index < -0.39 is 11.6 Å². The molecule has 0 radical (unpaired) electrons. The van der Waals surface area contributed by atoms with Gasteiger partial charge >= 0.3 is 0 Å². The highest BCUT2D eigenvalue weighted by atomic mass is 35.5. The summed E-state index contributed by atoms with van der Waals surface area (Å²) in [7, 11) is 0. The monoisotopic (exact) mass is 339 g/mol. The molecule has 1 aromatic carbocycles. The number of nitrogens with two attached hydrogens (primary N) is 1. The van der Waals surface area contributed by atoms with Crippen LogP contribution in [0.15, 0.2) is 18.2 Å². The van der Waals surface area contributed by atoms with Gasteiger partial charge in [-0.2, -0.15) is 0 Å². The van der Waals surface area contributed by atoms with Crippen LogP contribution in [0, 0.1) is 0 Å². The maximum Gasteiger partial charge on any atom is 0.265 e. The molecular weight excluding hydrogens is 318 g/mol. The van der Waals surface area contributed by atoms with Crippen molar-refractivity contribution in [1.29, 1.82) is 0 Å². The van der Waals surface area contributed by atoms with Gasteiger partial charge in [0.15, 0.2) is 6.10 Å². The zero-order chi connectivity index (χ0) is 15.9. The van der Waals surface area contributed by atoms with Crippen LogP contribution in [0.2, 0.25) is 0 Å². The molecule has 1 aromatic rings. The number of amides is 2. The summed E-state index contributed by atoms with van der Waals surface area (Å²) in [6.45, 7) is 3.81. The number of hydrogen-bond donors (Lipinski definition) is 3. The van der Waals surface area contributed by atoms with Crippen LogP contribution in [0.25, 0.3) is 0 Å². The van der Waals surface area contributed by atoms with Crippen molar-refractivity contribution in [3.05, 3.63) is 23.8 Å². The Morgan fingerprint density at radius 1 is 1.52 bits per heavy atom. The Hall–Kier alpha value is -1.79. The van der Waals surface area contributed by atoms with Crippen molar-refractivity contribution in [3.8, 4) is 5.75 Å². The number of anilines is 1. The minimum absolute atomic E-state index is 0. The Bertz CT molecular complexity index is 631. The largest absolute Gasteiger partial charge is 0.478 e. The highest BCUT2D eigenvalue weighted by molar-refractivity contribution is 5.97. The molecule has 2 unspecified atom stereocenters. The summed E-state index contributed by atoms with van der Waals surface area (Å²) in [6, 6.07) is 5.36. The summed E-state index contributed by atoms with van der Waals surface area (Å²) in [5, 5.41) is 5.76. The topological polar surface area (TPSA) is 93.4 Å². The minimum Gasteiger partial charge on any atom is -0.478 e. The van der Waals surface area contributed by atoms with E-state index in [1.807, 2.05) is 26.0 Å². The molecule has 2 aliphatic rings. The zero-order valence-corrected chi connectivity index (χ0v) is 14.0. The third kappa shape index (κ3) is 3.43. The van der Waals surface area contributed by atoms with Crippen molar-refractivity contribution in [2.45, 2.75) is 50.8 Å². The van der Waals surface area contributed by atoms with Gasteiger partial charge in [0, 0.05) is 0 Å². The Morgan fingerprint density at radius 2 is 2.22 bits per heavy atom. The summed E-state index contributed by atoms with van der Waals surface area (Å²) in [6.07, 6.45) is 1.62. The van der Waals surface area contributed by atoms with E-state index >= 15 is 0 Å². The van der Waals surface area contributed by atoms with Crippen molar-refractivity contribution in [2.75, 3.05) is 5.32 Å². The summed E-state index contributed by atoms with van der Waals surface area (Å²) in [5.74, 6) is 0.403. The average molecular weight is 340 g/mol. The number of carbonyl (C=O) groups excluding carboxylic acids is 2. The van der Waals surface area contributed by atoms with E-state index in [1.54, 1.807) is 6.07 Å². The summed E-state index contributed by atoms with van der Waals surface area (Å²) in [5.41, 5.74) is 6.79. The maximum atomic E-state index is 12.0. The molecule has 7 heteroatoms. The number of carbonyl (C=O) groups is 2. The van der Waals surface area contributed by atoms with Gasteiger partial charge in [0.1, 0.15) is 5.75 Å². The molecular formula is C16H22ClN3O3. The smallest absolute Gasteiger partial charge is 0.265 e. The van der Waals surface area contributed by atoms with Crippen LogP contribution in [-0.2, 0) is 9.59 Å². The van der Waals surface area contributed by atoms with Gasteiger partial charge in [-0.25, -0.2) is 0 Å². The second-order valence-corrected chi connectivity index (χ2v) is 6.11. The first-order valence-corrected chi connectivity index (χ1v) is 7.64. The van der Waals surface area contributed by atoms with E-state index in [2.05, 4.69) is 10.6 Å². The summed E-state index contributed by atoms with van der Waals surface area (Å²) < 4.78 is 5.72. The SMILES string of the molecule is CCC1Oc2cc(C(C)NC(=O)C3(N)CC3)ccc2NC1=O.Cl. The van der Waals surface area contributed by atoms with E-state index in [0.29, 0.717) is 17.9 Å². The normalized spacial score (nSPS) is 21.9. The minimum atomic E-state index is -0.680. The Morgan fingerprint density at radius 3 is 2.83 bits per heavy atom. The fourth-order valence-corrected chi connectivity index (χ4v) is 2.48. The third-order valence-corrected chi connectivity index (χ3v) is 4.28. The second-order valence-electron chi connectivity index (χ2n) is 6.11. The van der Waals surface area contributed by atoms with Gasteiger partial charge in [-0.3, -0.25) is 9.59 Å². The molecule has 23 heavy (non-hydrogen) atoms. The van der Waals surface area contributed by atoms with Gasteiger partial charge in [0.05, 0.1) is 17.3 Å². The molecule has 3 rings (SSSR count). The standard InChI is InChI=1S/C16H21N3O3.ClH/c1-3-12-14(20)19-11-5-4-10(8-13(11)22-12)9(2)18-15(21)16(17)6-7-16;/h4-5,8-9,12H,3,6-7,17H2,1-2H3,(H,18,21)(H,19,20);1H. The Balaban J connectivity index is 0.00000192. The van der Waals surface area contributed by atoms with Gasteiger partial charge in [-0.15, -0.1) is 12.4 Å². The van der Waals surface area contributed by atoms with Crippen LogP contribution < -0.4 is 21.1 Å². The van der Waals surface area contributed by atoms with Crippen LogP contribution in [-0.4, -0.2) is 23.5 Å². The second kappa shape index (κ2) is 6.37. The molecule has 0 aromatic heterocycles. The van der Waals surface area contributed by atoms with Gasteiger partial charge in [0.2, 0.25) is 5.91 Å². The van der Waals surface area contributed by atoms with Crippen molar-refractivity contribution in [3.63, 3.8) is 0 Å². The molecule has 1 heterocycles. The van der Waals surface area contributed by atoms with Crippen LogP contribution in [0.4, 0.5) is 5.69 Å². The predicted molar refractivity (Wildman–Crippen MR) is 89.7 cm³/mol. The zero-order valence-electron chi connectivity index (χ0n) is 13.2. The average Bonchev–Trinajstić information content (AvgIpc) is 3.25. The Kier molecular flexibility index (Phi) is 4.87. The molecule has 1 aliphatic carbocycles. The van der Waals surface area contributed by atoms with Gasteiger partial charge in [-0.1, -0.05) is 13.0 Å². The number of nitrogens with one attached hydrogen (secondary N) is 2. The number of ether oxygens (including phenoxy) is 1. The molecule has 2 atom stereocenters. The van der Waals surface area contributed by atoms with E-state index in [9.17, 15) is 9.59 Å². The molecule has 0 spiro atoms. The highest BCUT2D eigenvalue weighted by Gasteiger charge is 2.46. The molecule has 0 saturated heterocycles. The first-order chi connectivity index (χ1) is 10.4. The molecule has 126 valence electrons. The molecule has 4 N–H and O–H groups in total. The van der Waals surface area contributed by atoms with Crippen molar-refractivity contribution in [2.24, 2.45) is 5.73 Å². The lowest BCUT2D eigenvalue weighted by Gasteiger charge is -2.26. The number of benzene rings is 1. The van der Waals surface area contributed by atoms with Crippen LogP contribution in [0.5, 0.6) is 5.75 Å². The predicted octanol–water partition coefficient (Wildman–Crippen LogP) is 1.89. The molecule has 1 fully saturated rings. The maximum absolute atomic E-state index is 12.0. The van der Waals surface area contributed by atoms with Crippen molar-refractivity contribution < 1.29 is 14.3 Å². The Labute approximate surface area is 141 Å². The van der Waals surface area contributed by atoms with Crippen LogP contribution in [0.3, 0.4) is 0 Å². The molecule has 1 aliphatic heterocycles. The van der Waals surface area contributed by atoms with Crippen molar-refractivity contribution >= 4 is 29.9 Å². The lowest BCUT2D eigenvalue weighted by Crippen LogP contribution is -2.43. The number of halogens is 1. The van der Waals surface area contributed by atoms with Gasteiger partial charge < -0.3 is 21.1 Å².